The molecule has 1 aromatic heterocycles. The van der Waals surface area contributed by atoms with Gasteiger partial charge in [0.1, 0.15) is 5.75 Å². The first-order valence-electron chi connectivity index (χ1n) is 6.53. The Balaban J connectivity index is 2.01. The number of methoxy groups -OCH3 is 1. The molecule has 0 saturated heterocycles. The topological polar surface area (TPSA) is 86.5 Å². The van der Waals surface area contributed by atoms with Crippen LogP contribution in [0.25, 0.3) is 0 Å². The highest BCUT2D eigenvalue weighted by molar-refractivity contribution is 5.86. The molecule has 2 rings (SSSR count). The van der Waals surface area contributed by atoms with E-state index < -0.39 is 12.1 Å². The molecule has 0 radical (unpaired) electrons. The molecular formula is C14H17N3O4. The molecule has 1 aromatic carbocycles. The highest BCUT2D eigenvalue weighted by Gasteiger charge is 2.14. The van der Waals surface area contributed by atoms with Gasteiger partial charge in [-0.2, -0.15) is 0 Å². The van der Waals surface area contributed by atoms with Crippen LogP contribution in [0.3, 0.4) is 0 Å². The summed E-state index contributed by atoms with van der Waals surface area (Å²) in [6, 6.07) is 7.08. The first-order chi connectivity index (χ1) is 10.1. The largest absolute Gasteiger partial charge is 0.497 e. The van der Waals surface area contributed by atoms with Crippen molar-refractivity contribution in [3.05, 3.63) is 41.7 Å². The highest BCUT2D eigenvalue weighted by Crippen LogP contribution is 2.18. The van der Waals surface area contributed by atoms with E-state index in [1.807, 2.05) is 0 Å². The molecule has 0 aliphatic carbocycles. The Labute approximate surface area is 122 Å². The molecule has 0 saturated carbocycles. The van der Waals surface area contributed by atoms with Crippen LogP contribution >= 0.6 is 0 Å². The van der Waals surface area contributed by atoms with Gasteiger partial charge in [0.05, 0.1) is 32.6 Å². The number of ether oxygens (including phenoxy) is 2. The van der Waals surface area contributed by atoms with Crippen LogP contribution in [0.15, 0.2) is 30.5 Å². The molecule has 0 amide bonds. The van der Waals surface area contributed by atoms with Gasteiger partial charge < -0.3 is 14.6 Å². The molecule has 21 heavy (non-hydrogen) atoms. The number of esters is 1. The third kappa shape index (κ3) is 3.79. The molecule has 0 aliphatic rings. The Bertz CT molecular complexity index is 595. The minimum Gasteiger partial charge on any atom is -0.497 e. The van der Waals surface area contributed by atoms with Gasteiger partial charge in [0.15, 0.2) is 5.69 Å². The Morgan fingerprint density at radius 3 is 2.71 bits per heavy atom. The first kappa shape index (κ1) is 15.0. The standard InChI is InChI=1S/C14H17N3O4/c1-3-21-14(19)12-8-17(16-15-12)9-13(18)10-4-6-11(20-2)7-5-10/h4-8,13,18H,3,9H2,1-2H3/t13-/m0/s1. The average Bonchev–Trinajstić information content (AvgIpc) is 2.96. The van der Waals surface area contributed by atoms with Gasteiger partial charge in [-0.15, -0.1) is 5.10 Å². The summed E-state index contributed by atoms with van der Waals surface area (Å²) < 4.78 is 11.3. The van der Waals surface area contributed by atoms with E-state index in [0.717, 1.165) is 11.3 Å². The van der Waals surface area contributed by atoms with E-state index in [0.29, 0.717) is 0 Å². The predicted octanol–water partition coefficient (Wildman–Crippen LogP) is 1.20. The zero-order valence-electron chi connectivity index (χ0n) is 11.9. The summed E-state index contributed by atoms with van der Waals surface area (Å²) >= 11 is 0. The van der Waals surface area contributed by atoms with Crippen LogP contribution in [0.2, 0.25) is 0 Å². The maximum absolute atomic E-state index is 11.5. The summed E-state index contributed by atoms with van der Waals surface area (Å²) in [6.07, 6.45) is 0.692. The molecule has 1 heterocycles. The lowest BCUT2D eigenvalue weighted by molar-refractivity contribution is 0.0519. The summed E-state index contributed by atoms with van der Waals surface area (Å²) in [6.45, 7) is 2.19. The number of hydrogen-bond donors (Lipinski definition) is 1. The molecular weight excluding hydrogens is 274 g/mol. The van der Waals surface area contributed by atoms with Crippen LogP contribution < -0.4 is 4.74 Å². The third-order valence-corrected chi connectivity index (χ3v) is 2.88. The SMILES string of the molecule is CCOC(=O)c1cn(C[C@H](O)c2ccc(OC)cc2)nn1. The molecule has 1 N–H and O–H groups in total. The molecule has 0 bridgehead atoms. The average molecular weight is 291 g/mol. The van der Waals surface area contributed by atoms with Crippen molar-refractivity contribution in [2.45, 2.75) is 19.6 Å². The molecule has 0 spiro atoms. The Morgan fingerprint density at radius 1 is 1.38 bits per heavy atom. The monoisotopic (exact) mass is 291 g/mol. The summed E-state index contributed by atoms with van der Waals surface area (Å²) in [5, 5.41) is 17.7. The van der Waals surface area contributed by atoms with Crippen LogP contribution in [0, 0.1) is 0 Å². The Morgan fingerprint density at radius 2 is 2.10 bits per heavy atom. The van der Waals surface area contributed by atoms with Crippen molar-refractivity contribution in [1.82, 2.24) is 15.0 Å². The normalized spacial score (nSPS) is 12.0. The maximum Gasteiger partial charge on any atom is 0.360 e. The van der Waals surface area contributed by atoms with Gasteiger partial charge in [-0.3, -0.25) is 0 Å². The minimum absolute atomic E-state index is 0.124. The van der Waals surface area contributed by atoms with Gasteiger partial charge in [-0.1, -0.05) is 17.3 Å². The van der Waals surface area contributed by atoms with Crippen LogP contribution in [0.5, 0.6) is 5.75 Å². The number of aliphatic hydroxyl groups is 1. The molecule has 0 aliphatic heterocycles. The number of aromatic nitrogens is 3. The van der Waals surface area contributed by atoms with Crippen molar-refractivity contribution in [2.75, 3.05) is 13.7 Å². The van der Waals surface area contributed by atoms with Crippen molar-refractivity contribution >= 4 is 5.97 Å². The number of nitrogens with zero attached hydrogens (tertiary/aromatic N) is 3. The number of hydrogen-bond acceptors (Lipinski definition) is 6. The Hall–Kier alpha value is -2.41. The van der Waals surface area contributed by atoms with Gasteiger partial charge >= 0.3 is 5.97 Å². The fraction of sp³-hybridized carbons (Fsp3) is 0.357. The van der Waals surface area contributed by atoms with E-state index in [-0.39, 0.29) is 18.8 Å². The second-order valence-corrected chi connectivity index (χ2v) is 4.34. The van der Waals surface area contributed by atoms with Crippen LogP contribution in [0.1, 0.15) is 29.1 Å². The highest BCUT2D eigenvalue weighted by atomic mass is 16.5. The number of carbonyl (C=O) groups excluding carboxylic acids is 1. The summed E-state index contributed by atoms with van der Waals surface area (Å²) in [5.41, 5.74) is 0.850. The first-order valence-corrected chi connectivity index (χ1v) is 6.53. The van der Waals surface area contributed by atoms with E-state index in [2.05, 4.69) is 10.3 Å². The lowest BCUT2D eigenvalue weighted by Gasteiger charge is -2.11. The smallest absolute Gasteiger partial charge is 0.360 e. The number of benzene rings is 1. The maximum atomic E-state index is 11.5. The molecule has 112 valence electrons. The van der Waals surface area contributed by atoms with E-state index >= 15 is 0 Å². The molecule has 0 fully saturated rings. The van der Waals surface area contributed by atoms with Crippen molar-refractivity contribution in [2.24, 2.45) is 0 Å². The molecule has 2 aromatic rings. The number of carbonyl (C=O) groups is 1. The quantitative estimate of drug-likeness (QED) is 0.805. The van der Waals surface area contributed by atoms with Crippen LogP contribution in [0.4, 0.5) is 0 Å². The van der Waals surface area contributed by atoms with E-state index in [9.17, 15) is 9.90 Å². The van der Waals surface area contributed by atoms with Gasteiger partial charge in [-0.25, -0.2) is 9.48 Å². The van der Waals surface area contributed by atoms with Crippen molar-refractivity contribution in [1.29, 1.82) is 0 Å². The van der Waals surface area contributed by atoms with Crippen LogP contribution in [-0.2, 0) is 11.3 Å². The summed E-state index contributed by atoms with van der Waals surface area (Å²) in [4.78, 5) is 11.5. The van der Waals surface area contributed by atoms with Crippen molar-refractivity contribution < 1.29 is 19.4 Å². The van der Waals surface area contributed by atoms with E-state index in [1.54, 1.807) is 38.3 Å². The second kappa shape index (κ2) is 6.85. The molecule has 7 heteroatoms. The fourth-order valence-electron chi connectivity index (χ4n) is 1.79. The van der Waals surface area contributed by atoms with E-state index in [4.69, 9.17) is 9.47 Å². The van der Waals surface area contributed by atoms with Gasteiger partial charge in [0, 0.05) is 0 Å². The van der Waals surface area contributed by atoms with Gasteiger partial charge in [0.2, 0.25) is 0 Å². The lowest BCUT2D eigenvalue weighted by atomic mass is 10.1. The number of aliphatic hydroxyl groups excluding tert-OH is 1. The summed E-state index contributed by atoms with van der Waals surface area (Å²) in [5.74, 6) is 0.194. The predicted molar refractivity (Wildman–Crippen MR) is 73.9 cm³/mol. The molecule has 7 nitrogen and oxygen atoms in total. The zero-order chi connectivity index (χ0) is 15.2. The molecule has 1 atom stereocenters. The zero-order valence-corrected chi connectivity index (χ0v) is 11.9. The van der Waals surface area contributed by atoms with E-state index in [1.165, 1.54) is 10.9 Å². The van der Waals surface area contributed by atoms with Crippen LogP contribution in [-0.4, -0.2) is 39.8 Å². The lowest BCUT2D eigenvalue weighted by Crippen LogP contribution is -2.09. The van der Waals surface area contributed by atoms with Crippen molar-refractivity contribution in [3.63, 3.8) is 0 Å². The second-order valence-electron chi connectivity index (χ2n) is 4.34. The van der Waals surface area contributed by atoms with Gasteiger partial charge in [0.25, 0.3) is 0 Å². The summed E-state index contributed by atoms with van der Waals surface area (Å²) in [7, 11) is 1.58. The van der Waals surface area contributed by atoms with Crippen molar-refractivity contribution in [3.8, 4) is 5.75 Å². The minimum atomic E-state index is -0.757. The van der Waals surface area contributed by atoms with Gasteiger partial charge in [-0.05, 0) is 24.6 Å². The molecule has 0 unspecified atom stereocenters. The fourth-order valence-corrected chi connectivity index (χ4v) is 1.79. The Kier molecular flexibility index (Phi) is 4.89. The third-order valence-electron chi connectivity index (χ3n) is 2.88. The number of rotatable bonds is 6.